The van der Waals surface area contributed by atoms with Gasteiger partial charge in [-0.2, -0.15) is 0 Å². The van der Waals surface area contributed by atoms with Crippen LogP contribution in [0.3, 0.4) is 0 Å². The molecule has 0 spiro atoms. The topological polar surface area (TPSA) is 82.6 Å². The third kappa shape index (κ3) is 6.22. The number of rotatable bonds is 6. The summed E-state index contributed by atoms with van der Waals surface area (Å²) < 4.78 is 39.2. The lowest BCUT2D eigenvalue weighted by atomic mass is 10.2. The molecule has 0 radical (unpaired) electrons. The van der Waals surface area contributed by atoms with Gasteiger partial charge in [0, 0.05) is 25.7 Å². The number of halogens is 2. The van der Waals surface area contributed by atoms with Crippen LogP contribution in [0.1, 0.15) is 11.1 Å². The van der Waals surface area contributed by atoms with Gasteiger partial charge in [0.2, 0.25) is 10.0 Å². The van der Waals surface area contributed by atoms with Crippen molar-refractivity contribution in [3.8, 4) is 0 Å². The fourth-order valence-electron chi connectivity index (χ4n) is 2.13. The minimum absolute atomic E-state index is 0. The molecule has 0 bridgehead atoms. The SMILES string of the molecule is CN=C(NCc1ccc(S(=O)(=O)NC)cc1)NCc1ccccc1F.I. The van der Waals surface area contributed by atoms with E-state index in [9.17, 15) is 12.8 Å². The number of aliphatic imine (C=N–C) groups is 1. The van der Waals surface area contributed by atoms with Crippen molar-refractivity contribution in [2.75, 3.05) is 14.1 Å². The Bertz CT molecular complexity index is 842. The molecule has 0 saturated heterocycles. The second-order valence-corrected chi connectivity index (χ2v) is 7.11. The minimum atomic E-state index is -3.44. The molecule has 0 atom stereocenters. The van der Waals surface area contributed by atoms with Crippen LogP contribution in [0.4, 0.5) is 4.39 Å². The first-order chi connectivity index (χ1) is 12.0. The summed E-state index contributed by atoms with van der Waals surface area (Å²) in [6.45, 7) is 0.766. The zero-order valence-electron chi connectivity index (χ0n) is 14.5. The normalized spacial score (nSPS) is 11.6. The zero-order valence-corrected chi connectivity index (χ0v) is 17.6. The van der Waals surface area contributed by atoms with E-state index in [0.717, 1.165) is 5.56 Å². The van der Waals surface area contributed by atoms with E-state index < -0.39 is 10.0 Å². The van der Waals surface area contributed by atoms with E-state index in [4.69, 9.17) is 0 Å². The summed E-state index contributed by atoms with van der Waals surface area (Å²) >= 11 is 0. The van der Waals surface area contributed by atoms with Gasteiger partial charge in [0.15, 0.2) is 5.96 Å². The van der Waals surface area contributed by atoms with Gasteiger partial charge in [-0.15, -0.1) is 24.0 Å². The Morgan fingerprint density at radius 3 is 2.23 bits per heavy atom. The van der Waals surface area contributed by atoms with Crippen molar-refractivity contribution in [2.24, 2.45) is 4.99 Å². The molecule has 0 aromatic heterocycles. The maximum atomic E-state index is 13.6. The van der Waals surface area contributed by atoms with E-state index in [1.165, 1.54) is 13.1 Å². The first-order valence-corrected chi connectivity index (χ1v) is 9.15. The highest BCUT2D eigenvalue weighted by molar-refractivity contribution is 14.0. The van der Waals surface area contributed by atoms with Crippen LogP contribution >= 0.6 is 24.0 Å². The van der Waals surface area contributed by atoms with E-state index in [1.807, 2.05) is 0 Å². The van der Waals surface area contributed by atoms with E-state index in [2.05, 4.69) is 20.3 Å². The number of hydrogen-bond donors (Lipinski definition) is 3. The van der Waals surface area contributed by atoms with Gasteiger partial charge in [0.1, 0.15) is 5.82 Å². The molecule has 2 aromatic rings. The van der Waals surface area contributed by atoms with Crippen LogP contribution in [0.15, 0.2) is 58.4 Å². The molecule has 0 aliphatic heterocycles. The van der Waals surface area contributed by atoms with Crippen LogP contribution in [0.25, 0.3) is 0 Å². The van der Waals surface area contributed by atoms with Crippen molar-refractivity contribution in [1.29, 1.82) is 0 Å². The summed E-state index contributed by atoms with van der Waals surface area (Å²) in [7, 11) is -0.441. The Morgan fingerprint density at radius 2 is 1.65 bits per heavy atom. The van der Waals surface area contributed by atoms with E-state index in [1.54, 1.807) is 49.5 Å². The fourth-order valence-corrected chi connectivity index (χ4v) is 2.86. The highest BCUT2D eigenvalue weighted by atomic mass is 127. The molecule has 142 valence electrons. The molecule has 26 heavy (non-hydrogen) atoms. The van der Waals surface area contributed by atoms with Crippen molar-refractivity contribution in [2.45, 2.75) is 18.0 Å². The summed E-state index contributed by atoms with van der Waals surface area (Å²) in [5, 5.41) is 6.13. The van der Waals surface area contributed by atoms with Crippen LogP contribution in [0.2, 0.25) is 0 Å². The molecular formula is C17H22FIN4O2S. The molecule has 0 heterocycles. The summed E-state index contributed by atoms with van der Waals surface area (Å²) in [4.78, 5) is 4.29. The van der Waals surface area contributed by atoms with Crippen LogP contribution in [-0.2, 0) is 23.1 Å². The number of guanidine groups is 1. The van der Waals surface area contributed by atoms with Gasteiger partial charge in [-0.1, -0.05) is 30.3 Å². The fraction of sp³-hybridized carbons (Fsp3) is 0.235. The summed E-state index contributed by atoms with van der Waals surface area (Å²) in [5.74, 6) is 0.252. The Kier molecular flexibility index (Phi) is 8.96. The van der Waals surface area contributed by atoms with E-state index >= 15 is 0 Å². The highest BCUT2D eigenvalue weighted by Crippen LogP contribution is 2.10. The van der Waals surface area contributed by atoms with Gasteiger partial charge in [0.25, 0.3) is 0 Å². The molecule has 0 unspecified atom stereocenters. The third-order valence-electron chi connectivity index (χ3n) is 3.59. The van der Waals surface area contributed by atoms with Crippen molar-refractivity contribution >= 4 is 40.0 Å². The van der Waals surface area contributed by atoms with Gasteiger partial charge >= 0.3 is 0 Å². The second-order valence-electron chi connectivity index (χ2n) is 5.22. The molecule has 0 aliphatic carbocycles. The average molecular weight is 492 g/mol. The smallest absolute Gasteiger partial charge is 0.240 e. The lowest BCUT2D eigenvalue weighted by molar-refractivity contribution is 0.588. The molecule has 2 aromatic carbocycles. The summed E-state index contributed by atoms with van der Waals surface area (Å²) in [6, 6.07) is 13.1. The molecule has 6 nitrogen and oxygen atoms in total. The molecule has 3 N–H and O–H groups in total. The number of benzene rings is 2. The van der Waals surface area contributed by atoms with Gasteiger partial charge in [0.05, 0.1) is 4.90 Å². The van der Waals surface area contributed by atoms with Crippen LogP contribution in [-0.4, -0.2) is 28.5 Å². The third-order valence-corrected chi connectivity index (χ3v) is 5.02. The highest BCUT2D eigenvalue weighted by Gasteiger charge is 2.10. The van der Waals surface area contributed by atoms with Gasteiger partial charge in [-0.3, -0.25) is 4.99 Å². The van der Waals surface area contributed by atoms with Crippen molar-refractivity contribution in [3.63, 3.8) is 0 Å². The molecule has 0 fully saturated rings. The molecule has 9 heteroatoms. The first-order valence-electron chi connectivity index (χ1n) is 7.66. The Balaban J connectivity index is 0.00000338. The predicted molar refractivity (Wildman–Crippen MR) is 112 cm³/mol. The van der Waals surface area contributed by atoms with Crippen molar-refractivity contribution in [1.82, 2.24) is 15.4 Å². The summed E-state index contributed by atoms with van der Waals surface area (Å²) in [5.41, 5.74) is 1.44. The van der Waals surface area contributed by atoms with Crippen LogP contribution in [0, 0.1) is 5.82 Å². The Hall–Kier alpha value is -1.72. The Morgan fingerprint density at radius 1 is 1.04 bits per heavy atom. The first kappa shape index (κ1) is 22.3. The number of sulfonamides is 1. The molecular weight excluding hydrogens is 470 g/mol. The van der Waals surface area contributed by atoms with Crippen LogP contribution in [0.5, 0.6) is 0 Å². The maximum absolute atomic E-state index is 13.6. The summed E-state index contributed by atoms with van der Waals surface area (Å²) in [6.07, 6.45) is 0. The molecule has 2 rings (SSSR count). The average Bonchev–Trinajstić information content (AvgIpc) is 2.63. The standard InChI is InChI=1S/C17H21FN4O2S.HI/c1-19-17(22-12-14-5-3-4-6-16(14)18)21-11-13-7-9-15(10-8-13)25(23,24)20-2;/h3-10,20H,11-12H2,1-2H3,(H2,19,21,22);1H. The molecule has 0 amide bonds. The second kappa shape index (κ2) is 10.4. The largest absolute Gasteiger partial charge is 0.352 e. The maximum Gasteiger partial charge on any atom is 0.240 e. The lowest BCUT2D eigenvalue weighted by Gasteiger charge is -2.12. The minimum Gasteiger partial charge on any atom is -0.352 e. The predicted octanol–water partition coefficient (Wildman–Crippen LogP) is 2.22. The number of nitrogens with one attached hydrogen (secondary N) is 3. The monoisotopic (exact) mass is 492 g/mol. The number of nitrogens with zero attached hydrogens (tertiary/aromatic N) is 1. The van der Waals surface area contributed by atoms with Gasteiger partial charge in [-0.25, -0.2) is 17.5 Å². The zero-order chi connectivity index (χ0) is 18.3. The Labute approximate surface area is 170 Å². The lowest BCUT2D eigenvalue weighted by Crippen LogP contribution is -2.36. The van der Waals surface area contributed by atoms with Crippen LogP contribution < -0.4 is 15.4 Å². The molecule has 0 saturated carbocycles. The van der Waals surface area contributed by atoms with Gasteiger partial charge < -0.3 is 10.6 Å². The quantitative estimate of drug-likeness (QED) is 0.328. The van der Waals surface area contributed by atoms with Gasteiger partial charge in [-0.05, 0) is 30.8 Å². The van der Waals surface area contributed by atoms with Crippen molar-refractivity contribution in [3.05, 3.63) is 65.5 Å². The van der Waals surface area contributed by atoms with E-state index in [-0.39, 0.29) is 34.7 Å². The number of hydrogen-bond acceptors (Lipinski definition) is 3. The molecule has 0 aliphatic rings. The van der Waals surface area contributed by atoms with E-state index in [0.29, 0.717) is 24.6 Å². The van der Waals surface area contributed by atoms with Crippen molar-refractivity contribution < 1.29 is 12.8 Å².